The largest absolute Gasteiger partial charge is 0.508 e. The van der Waals surface area contributed by atoms with E-state index in [0.29, 0.717) is 5.56 Å². The summed E-state index contributed by atoms with van der Waals surface area (Å²) in [5.41, 5.74) is 7.10. The van der Waals surface area contributed by atoms with Crippen LogP contribution < -0.4 is 20.7 Å². The van der Waals surface area contributed by atoms with E-state index in [1.807, 2.05) is 37.4 Å². The summed E-state index contributed by atoms with van der Waals surface area (Å²) in [6, 6.07) is 22.6. The van der Waals surface area contributed by atoms with Gasteiger partial charge in [0, 0.05) is 37.4 Å². The molecule has 3 aromatic carbocycles. The molecule has 0 bridgehead atoms. The first-order chi connectivity index (χ1) is 20.9. The fraction of sp³-hybridized carbons (Fsp3) is 0.368. The summed E-state index contributed by atoms with van der Waals surface area (Å²) in [5, 5.41) is 19.9. The summed E-state index contributed by atoms with van der Waals surface area (Å²) in [5.74, 6) is 1.58. The van der Waals surface area contributed by atoms with E-state index in [9.17, 15) is 5.11 Å². The molecule has 0 aliphatic rings. The van der Waals surface area contributed by atoms with Crippen LogP contribution in [0.4, 0.5) is 0 Å². The van der Waals surface area contributed by atoms with Crippen molar-refractivity contribution >= 4 is 5.76 Å². The average molecular weight is 582 g/mol. The summed E-state index contributed by atoms with van der Waals surface area (Å²) in [4.78, 5) is 0. The van der Waals surface area contributed by atoms with Crippen molar-refractivity contribution in [1.82, 2.24) is 16.0 Å². The zero-order valence-electron chi connectivity index (χ0n) is 26.3. The van der Waals surface area contributed by atoms with Gasteiger partial charge in [0.25, 0.3) is 0 Å². The van der Waals surface area contributed by atoms with E-state index >= 15 is 0 Å². The van der Waals surface area contributed by atoms with Gasteiger partial charge in [0.05, 0.1) is 0 Å². The van der Waals surface area contributed by atoms with Crippen LogP contribution in [0, 0.1) is 6.92 Å². The summed E-state index contributed by atoms with van der Waals surface area (Å²) in [6.45, 7) is 16.5. The normalized spacial score (nSPS) is 11.6. The number of hydrogen-bond donors (Lipinski definition) is 4. The summed E-state index contributed by atoms with van der Waals surface area (Å²) >= 11 is 0. The minimum absolute atomic E-state index is 0.0567. The van der Waals surface area contributed by atoms with Crippen molar-refractivity contribution < 1.29 is 9.84 Å². The molecule has 5 heteroatoms. The van der Waals surface area contributed by atoms with Gasteiger partial charge in [0.2, 0.25) is 0 Å². The quantitative estimate of drug-likeness (QED) is 0.0575. The monoisotopic (exact) mass is 581 g/mol. The molecule has 0 aromatic heterocycles. The van der Waals surface area contributed by atoms with Gasteiger partial charge >= 0.3 is 0 Å². The molecule has 0 heterocycles. The molecule has 3 rings (SSSR count). The van der Waals surface area contributed by atoms with Gasteiger partial charge in [-0.15, -0.1) is 6.58 Å². The first-order valence-electron chi connectivity index (χ1n) is 15.6. The topological polar surface area (TPSA) is 65.5 Å². The minimum atomic E-state index is 0.0567. The molecule has 1 unspecified atom stereocenters. The van der Waals surface area contributed by atoms with Crippen LogP contribution >= 0.6 is 0 Å². The predicted molar refractivity (Wildman–Crippen MR) is 183 cm³/mol. The number of ether oxygens (including phenoxy) is 1. The Morgan fingerprint density at radius 2 is 1.51 bits per heavy atom. The lowest BCUT2D eigenvalue weighted by Crippen LogP contribution is -2.34. The molecule has 0 amide bonds. The van der Waals surface area contributed by atoms with Gasteiger partial charge in [-0.05, 0) is 104 Å². The van der Waals surface area contributed by atoms with Crippen LogP contribution in [0.2, 0.25) is 0 Å². The van der Waals surface area contributed by atoms with Crippen LogP contribution in [-0.4, -0.2) is 24.7 Å². The van der Waals surface area contributed by atoms with Crippen molar-refractivity contribution in [2.24, 2.45) is 0 Å². The van der Waals surface area contributed by atoms with E-state index in [1.54, 1.807) is 12.1 Å². The molecule has 3 aromatic rings. The maximum atomic E-state index is 9.45. The molecule has 0 radical (unpaired) electrons. The molecule has 0 fully saturated rings. The van der Waals surface area contributed by atoms with Crippen LogP contribution in [0.15, 0.2) is 98.2 Å². The number of nitrogens with one attached hydrogen (secondary N) is 3. The lowest BCUT2D eigenvalue weighted by Gasteiger charge is -2.21. The second-order valence-corrected chi connectivity index (χ2v) is 11.2. The molecule has 0 saturated heterocycles. The lowest BCUT2D eigenvalue weighted by molar-refractivity contribution is 0.481. The van der Waals surface area contributed by atoms with Gasteiger partial charge < -0.3 is 25.8 Å². The fourth-order valence-corrected chi connectivity index (χ4v) is 5.03. The summed E-state index contributed by atoms with van der Waals surface area (Å²) < 4.78 is 5.90. The maximum absolute atomic E-state index is 9.45. The lowest BCUT2D eigenvalue weighted by atomic mass is 9.99. The zero-order chi connectivity index (χ0) is 30.9. The van der Waals surface area contributed by atoms with Crippen LogP contribution in [0.5, 0.6) is 11.5 Å². The Balaban J connectivity index is 1.27. The molecular formula is C38H51N3O2. The van der Waals surface area contributed by atoms with E-state index in [-0.39, 0.29) is 11.8 Å². The molecule has 1 atom stereocenters. The van der Waals surface area contributed by atoms with Crippen molar-refractivity contribution in [3.8, 4) is 11.5 Å². The van der Waals surface area contributed by atoms with E-state index in [0.717, 1.165) is 56.1 Å². The van der Waals surface area contributed by atoms with E-state index < -0.39 is 0 Å². The molecule has 0 spiro atoms. The number of likely N-dealkylation sites (N-methyl/N-ethyl adjacent to an activating group) is 1. The standard InChI is InChI=1S/C38H51N3O2/c1-6-7-14-38(30(3)39-5)41-28-35-26-32(16-15-29(35)2)13-11-9-8-10-12-25-40-27-33-17-21-36(22-18-33)43-37-23-19-34(20-24-37)31(4)42/h6,15-24,26,38-42H,1,3-4,7-14,25,27-28H2,2,5H3. The van der Waals surface area contributed by atoms with Crippen molar-refractivity contribution in [3.63, 3.8) is 0 Å². The second-order valence-electron chi connectivity index (χ2n) is 11.2. The highest BCUT2D eigenvalue weighted by Gasteiger charge is 2.11. The average Bonchev–Trinajstić information content (AvgIpc) is 3.02. The highest BCUT2D eigenvalue weighted by atomic mass is 16.5. The molecule has 230 valence electrons. The smallest absolute Gasteiger partial charge is 0.127 e. The fourth-order valence-electron chi connectivity index (χ4n) is 5.03. The Labute approximate surface area is 259 Å². The predicted octanol–water partition coefficient (Wildman–Crippen LogP) is 8.76. The van der Waals surface area contributed by atoms with Crippen LogP contribution in [0.1, 0.15) is 72.8 Å². The molecule has 0 saturated carbocycles. The molecule has 4 N–H and O–H groups in total. The first kappa shape index (κ1) is 33.7. The van der Waals surface area contributed by atoms with Crippen molar-refractivity contribution in [1.29, 1.82) is 0 Å². The van der Waals surface area contributed by atoms with E-state index in [2.05, 4.69) is 72.9 Å². The minimum Gasteiger partial charge on any atom is -0.508 e. The van der Waals surface area contributed by atoms with Gasteiger partial charge in [-0.25, -0.2) is 0 Å². The molecule has 0 aliphatic carbocycles. The van der Waals surface area contributed by atoms with Gasteiger partial charge in [-0.3, -0.25) is 0 Å². The number of hydrogen-bond acceptors (Lipinski definition) is 5. The number of benzene rings is 3. The van der Waals surface area contributed by atoms with Crippen molar-refractivity contribution in [2.45, 2.75) is 77.4 Å². The first-order valence-corrected chi connectivity index (χ1v) is 15.6. The van der Waals surface area contributed by atoms with E-state index in [1.165, 1.54) is 54.4 Å². The number of aliphatic hydroxyl groups is 1. The van der Waals surface area contributed by atoms with E-state index in [4.69, 9.17) is 4.74 Å². The second kappa shape index (κ2) is 18.7. The SMILES string of the molecule is C=CCCC(NCc1cc(CCCCCCCNCc2ccc(Oc3ccc(C(=C)O)cc3)cc2)ccc1C)C(=C)NC. The Kier molecular flexibility index (Phi) is 14.6. The highest BCUT2D eigenvalue weighted by Crippen LogP contribution is 2.23. The molecule has 5 nitrogen and oxygen atoms in total. The summed E-state index contributed by atoms with van der Waals surface area (Å²) in [7, 11) is 1.94. The number of aryl methyl sites for hydroxylation is 2. The Hall–Kier alpha value is -3.80. The number of aliphatic hydroxyl groups excluding tert-OH is 1. The van der Waals surface area contributed by atoms with Crippen LogP contribution in [-0.2, 0) is 19.5 Å². The third-order valence-corrected chi connectivity index (χ3v) is 7.85. The van der Waals surface area contributed by atoms with Crippen molar-refractivity contribution in [2.75, 3.05) is 13.6 Å². The highest BCUT2D eigenvalue weighted by molar-refractivity contribution is 5.56. The van der Waals surface area contributed by atoms with Gasteiger partial charge in [0.15, 0.2) is 0 Å². The number of unbranched alkanes of at least 4 members (excludes halogenated alkanes) is 4. The number of allylic oxidation sites excluding steroid dienone is 1. The van der Waals surface area contributed by atoms with Gasteiger partial charge in [-0.1, -0.05) is 68.8 Å². The summed E-state index contributed by atoms with van der Waals surface area (Å²) in [6.07, 6.45) is 11.3. The third-order valence-electron chi connectivity index (χ3n) is 7.85. The van der Waals surface area contributed by atoms with Gasteiger partial charge in [-0.2, -0.15) is 0 Å². The Morgan fingerprint density at radius 3 is 2.19 bits per heavy atom. The molecule has 0 aliphatic heterocycles. The Morgan fingerprint density at radius 1 is 0.860 bits per heavy atom. The van der Waals surface area contributed by atoms with Crippen LogP contribution in [0.3, 0.4) is 0 Å². The van der Waals surface area contributed by atoms with Gasteiger partial charge in [0.1, 0.15) is 17.3 Å². The van der Waals surface area contributed by atoms with Crippen LogP contribution in [0.25, 0.3) is 5.76 Å². The molecular weight excluding hydrogens is 530 g/mol. The molecule has 43 heavy (non-hydrogen) atoms. The van der Waals surface area contributed by atoms with Crippen molar-refractivity contribution in [3.05, 3.63) is 126 Å². The Bertz CT molecular complexity index is 1280. The third kappa shape index (κ3) is 12.1. The zero-order valence-corrected chi connectivity index (χ0v) is 26.3. The number of rotatable bonds is 21. The maximum Gasteiger partial charge on any atom is 0.127 e.